The lowest BCUT2D eigenvalue weighted by molar-refractivity contribution is -0.120. The average Bonchev–Trinajstić information content (AvgIpc) is 3.22. The smallest absolute Gasteiger partial charge is 0.264 e. The Morgan fingerprint density at radius 2 is 1.90 bits per heavy atom. The van der Waals surface area contributed by atoms with Crippen molar-refractivity contribution in [3.05, 3.63) is 71.9 Å². The second-order valence-electron chi connectivity index (χ2n) is 6.94. The van der Waals surface area contributed by atoms with Gasteiger partial charge in [-0.05, 0) is 30.0 Å². The van der Waals surface area contributed by atoms with E-state index in [1.807, 2.05) is 53.4 Å². The Kier molecular flexibility index (Phi) is 4.69. The molecule has 0 saturated carbocycles. The summed E-state index contributed by atoms with van der Waals surface area (Å²) >= 11 is 1.55. The highest BCUT2D eigenvalue weighted by Crippen LogP contribution is 2.37. The van der Waals surface area contributed by atoms with Crippen LogP contribution in [0.5, 0.6) is 5.88 Å². The number of anilines is 1. The number of ether oxygens (including phenoxy) is 1. The van der Waals surface area contributed by atoms with Crippen LogP contribution >= 0.6 is 11.3 Å². The molecule has 6 heteroatoms. The molecule has 1 aliphatic heterocycles. The molecule has 0 radical (unpaired) electrons. The van der Waals surface area contributed by atoms with Gasteiger partial charge in [-0.15, -0.1) is 11.3 Å². The molecule has 0 N–H and O–H groups in total. The van der Waals surface area contributed by atoms with Crippen molar-refractivity contribution in [3.63, 3.8) is 0 Å². The number of aromatic nitrogens is 2. The van der Waals surface area contributed by atoms with Gasteiger partial charge < -0.3 is 9.64 Å². The van der Waals surface area contributed by atoms with Gasteiger partial charge in [-0.3, -0.25) is 4.79 Å². The summed E-state index contributed by atoms with van der Waals surface area (Å²) in [7, 11) is 0. The second-order valence-corrected chi connectivity index (χ2v) is 7.80. The molecule has 29 heavy (non-hydrogen) atoms. The Balaban J connectivity index is 1.42. The van der Waals surface area contributed by atoms with E-state index in [2.05, 4.69) is 21.4 Å². The highest BCUT2D eigenvalue weighted by Gasteiger charge is 2.23. The van der Waals surface area contributed by atoms with Crippen LogP contribution in [0.1, 0.15) is 12.0 Å². The van der Waals surface area contributed by atoms with Crippen molar-refractivity contribution < 1.29 is 9.53 Å². The van der Waals surface area contributed by atoms with Crippen molar-refractivity contribution in [2.75, 3.05) is 18.1 Å². The van der Waals surface area contributed by atoms with E-state index >= 15 is 0 Å². The van der Waals surface area contributed by atoms with Gasteiger partial charge in [-0.1, -0.05) is 48.5 Å². The van der Waals surface area contributed by atoms with E-state index in [1.165, 1.54) is 11.9 Å². The third kappa shape index (κ3) is 3.36. The van der Waals surface area contributed by atoms with Gasteiger partial charge in [0, 0.05) is 23.2 Å². The van der Waals surface area contributed by atoms with Crippen molar-refractivity contribution in [2.24, 2.45) is 0 Å². The zero-order valence-corrected chi connectivity index (χ0v) is 16.6. The Bertz CT molecular complexity index is 1170. The minimum Gasteiger partial charge on any atom is -0.467 e. The number of amides is 1. The summed E-state index contributed by atoms with van der Waals surface area (Å²) < 4.78 is 5.93. The van der Waals surface area contributed by atoms with Gasteiger partial charge in [-0.25, -0.2) is 9.97 Å². The molecule has 0 saturated heterocycles. The lowest BCUT2D eigenvalue weighted by Crippen LogP contribution is -2.38. The molecule has 0 fully saturated rings. The number of para-hydroxylation sites is 1. The molecular formula is C23H19N3O2S. The van der Waals surface area contributed by atoms with Gasteiger partial charge in [-0.2, -0.15) is 0 Å². The Labute approximate surface area is 172 Å². The maximum absolute atomic E-state index is 12.9. The highest BCUT2D eigenvalue weighted by molar-refractivity contribution is 7.17. The largest absolute Gasteiger partial charge is 0.467 e. The highest BCUT2D eigenvalue weighted by atomic mass is 32.1. The number of hydrogen-bond acceptors (Lipinski definition) is 5. The van der Waals surface area contributed by atoms with Gasteiger partial charge in [0.15, 0.2) is 6.61 Å². The van der Waals surface area contributed by atoms with Crippen molar-refractivity contribution in [1.82, 2.24) is 9.97 Å². The molecule has 0 bridgehead atoms. The van der Waals surface area contributed by atoms with Crippen LogP contribution in [-0.2, 0) is 11.2 Å². The first kappa shape index (κ1) is 17.8. The Morgan fingerprint density at radius 3 is 2.79 bits per heavy atom. The van der Waals surface area contributed by atoms with Crippen LogP contribution in [0.15, 0.2) is 66.3 Å². The molecule has 5 rings (SSSR count). The summed E-state index contributed by atoms with van der Waals surface area (Å²) in [6, 6.07) is 18.2. The lowest BCUT2D eigenvalue weighted by atomic mass is 10.0. The van der Waals surface area contributed by atoms with Crippen LogP contribution in [0.4, 0.5) is 5.69 Å². The van der Waals surface area contributed by atoms with E-state index in [1.54, 1.807) is 11.3 Å². The van der Waals surface area contributed by atoms with E-state index < -0.39 is 0 Å². The Hall–Kier alpha value is -3.25. The first-order valence-corrected chi connectivity index (χ1v) is 10.5. The number of carbonyl (C=O) groups is 1. The minimum atomic E-state index is -0.0552. The summed E-state index contributed by atoms with van der Waals surface area (Å²) in [5, 5.41) is 2.92. The zero-order valence-electron chi connectivity index (χ0n) is 15.7. The SMILES string of the molecule is O=C(COc1ncnc2scc(-c3ccccc3)c12)N1CCCc2ccccc21. The van der Waals surface area contributed by atoms with E-state index in [4.69, 9.17) is 4.74 Å². The van der Waals surface area contributed by atoms with Gasteiger partial charge in [0.2, 0.25) is 5.88 Å². The van der Waals surface area contributed by atoms with Crippen LogP contribution < -0.4 is 9.64 Å². The summed E-state index contributed by atoms with van der Waals surface area (Å²) in [6.07, 6.45) is 3.45. The molecule has 4 aromatic rings. The number of benzene rings is 2. The van der Waals surface area contributed by atoms with Crippen molar-refractivity contribution in [2.45, 2.75) is 12.8 Å². The molecule has 1 amide bonds. The molecular weight excluding hydrogens is 382 g/mol. The number of aryl methyl sites for hydroxylation is 1. The topological polar surface area (TPSA) is 55.3 Å². The molecule has 1 aliphatic rings. The van der Waals surface area contributed by atoms with Crippen molar-refractivity contribution in [1.29, 1.82) is 0 Å². The van der Waals surface area contributed by atoms with Crippen LogP contribution in [0.2, 0.25) is 0 Å². The lowest BCUT2D eigenvalue weighted by Gasteiger charge is -2.29. The fourth-order valence-electron chi connectivity index (χ4n) is 3.79. The predicted molar refractivity (Wildman–Crippen MR) is 115 cm³/mol. The maximum Gasteiger partial charge on any atom is 0.264 e. The van der Waals surface area contributed by atoms with Crippen LogP contribution in [0.25, 0.3) is 21.3 Å². The quantitative estimate of drug-likeness (QED) is 0.497. The number of thiophene rings is 1. The minimum absolute atomic E-state index is 0.0511. The zero-order chi connectivity index (χ0) is 19.6. The summed E-state index contributed by atoms with van der Waals surface area (Å²) in [5.74, 6) is 0.397. The fourth-order valence-corrected chi connectivity index (χ4v) is 4.69. The molecule has 0 aliphatic carbocycles. The third-order valence-corrected chi connectivity index (χ3v) is 6.05. The summed E-state index contributed by atoms with van der Waals surface area (Å²) in [6.45, 7) is 0.663. The van der Waals surface area contributed by atoms with Crippen molar-refractivity contribution >= 4 is 33.1 Å². The predicted octanol–water partition coefficient (Wildman–Crippen LogP) is 4.72. The Morgan fingerprint density at radius 1 is 1.07 bits per heavy atom. The van der Waals surface area contributed by atoms with Gasteiger partial charge in [0.05, 0.1) is 5.39 Å². The summed E-state index contributed by atoms with van der Waals surface area (Å²) in [4.78, 5) is 24.3. The number of carbonyl (C=O) groups excluding carboxylic acids is 1. The van der Waals surface area contributed by atoms with Crippen molar-refractivity contribution in [3.8, 4) is 17.0 Å². The standard InChI is InChI=1S/C23H19N3O2S/c27-20(26-12-6-10-17-9-4-5-11-19(17)26)13-28-22-21-18(16-7-2-1-3-8-16)14-29-23(21)25-15-24-22/h1-5,7-9,11,14-15H,6,10,12-13H2. The number of fused-ring (bicyclic) bond motifs is 2. The van der Waals surface area contributed by atoms with Crippen LogP contribution in [-0.4, -0.2) is 29.0 Å². The third-order valence-electron chi connectivity index (χ3n) is 5.16. The maximum atomic E-state index is 12.9. The first-order valence-electron chi connectivity index (χ1n) is 9.60. The second kappa shape index (κ2) is 7.64. The first-order chi connectivity index (χ1) is 14.3. The molecule has 5 nitrogen and oxygen atoms in total. The van der Waals surface area contributed by atoms with E-state index in [9.17, 15) is 4.79 Å². The van der Waals surface area contributed by atoms with Crippen LogP contribution in [0, 0.1) is 0 Å². The molecule has 0 atom stereocenters. The monoisotopic (exact) mass is 401 g/mol. The molecule has 0 unspecified atom stereocenters. The molecule has 3 heterocycles. The fraction of sp³-hybridized carbons (Fsp3) is 0.174. The number of nitrogens with zero attached hydrogens (tertiary/aromatic N) is 3. The molecule has 144 valence electrons. The van der Waals surface area contributed by atoms with Gasteiger partial charge in [0.25, 0.3) is 5.91 Å². The van der Waals surface area contributed by atoms with E-state index in [0.29, 0.717) is 12.4 Å². The van der Waals surface area contributed by atoms with E-state index in [-0.39, 0.29) is 12.5 Å². The number of rotatable bonds is 4. The number of hydrogen-bond donors (Lipinski definition) is 0. The molecule has 2 aromatic carbocycles. The molecule has 2 aromatic heterocycles. The van der Waals surface area contributed by atoms with Gasteiger partial charge in [0.1, 0.15) is 11.2 Å². The normalized spacial score (nSPS) is 13.3. The summed E-state index contributed by atoms with van der Waals surface area (Å²) in [5.41, 5.74) is 4.30. The molecule has 0 spiro atoms. The van der Waals surface area contributed by atoms with E-state index in [0.717, 1.165) is 39.9 Å². The van der Waals surface area contributed by atoms with Gasteiger partial charge >= 0.3 is 0 Å². The average molecular weight is 401 g/mol. The van der Waals surface area contributed by atoms with Crippen LogP contribution in [0.3, 0.4) is 0 Å².